The Bertz CT molecular complexity index is 1430. The lowest BCUT2D eigenvalue weighted by molar-refractivity contribution is 0.103. The average molecular weight is 526 g/mol. The Morgan fingerprint density at radius 3 is 2.46 bits per heavy atom. The van der Waals surface area contributed by atoms with Crippen LogP contribution in [0, 0.1) is 6.92 Å². The van der Waals surface area contributed by atoms with E-state index in [-0.39, 0.29) is 5.78 Å². The number of carbonyl (C=O) groups excluding carboxylic acids is 1. The molecule has 1 fully saturated rings. The Hall–Kier alpha value is -3.94. The molecule has 0 amide bonds. The van der Waals surface area contributed by atoms with Crippen molar-refractivity contribution < 1.29 is 19.0 Å². The van der Waals surface area contributed by atoms with E-state index in [1.165, 1.54) is 0 Å². The van der Waals surface area contributed by atoms with Gasteiger partial charge in [0.05, 0.1) is 24.8 Å². The molecule has 1 aliphatic heterocycles. The van der Waals surface area contributed by atoms with Gasteiger partial charge in [0.1, 0.15) is 11.5 Å². The molecule has 0 N–H and O–H groups in total. The van der Waals surface area contributed by atoms with Gasteiger partial charge in [0, 0.05) is 55.9 Å². The second kappa shape index (κ2) is 12.3. The van der Waals surface area contributed by atoms with E-state index < -0.39 is 0 Å². The molecule has 7 nitrogen and oxygen atoms in total. The number of pyridine rings is 1. The summed E-state index contributed by atoms with van der Waals surface area (Å²) >= 11 is 0. The van der Waals surface area contributed by atoms with Gasteiger partial charge in [-0.3, -0.25) is 9.78 Å². The molecule has 4 aromatic rings. The molecule has 0 bridgehead atoms. The molecule has 0 spiro atoms. The van der Waals surface area contributed by atoms with Crippen molar-refractivity contribution in [2.75, 3.05) is 53.5 Å². The topological polar surface area (TPSA) is 64.1 Å². The number of benzene rings is 3. The van der Waals surface area contributed by atoms with Gasteiger partial charge in [0.25, 0.3) is 0 Å². The van der Waals surface area contributed by atoms with E-state index in [2.05, 4.69) is 21.8 Å². The summed E-state index contributed by atoms with van der Waals surface area (Å²) in [5.74, 6) is 2.27. The third-order valence-electron chi connectivity index (χ3n) is 7.09. The molecule has 0 unspecified atom stereocenters. The fourth-order valence-corrected chi connectivity index (χ4v) is 4.81. The Labute approximate surface area is 229 Å². The number of likely N-dealkylation sites (N-methyl/N-ethyl adjacent to an activating group) is 1. The minimum atomic E-state index is -0.0856. The van der Waals surface area contributed by atoms with E-state index in [9.17, 15) is 4.79 Å². The number of nitrogens with zero attached hydrogens (tertiary/aromatic N) is 3. The maximum Gasteiger partial charge on any atom is 0.196 e. The van der Waals surface area contributed by atoms with E-state index in [0.717, 1.165) is 55.6 Å². The molecule has 1 aromatic heterocycles. The Morgan fingerprint density at radius 1 is 0.897 bits per heavy atom. The van der Waals surface area contributed by atoms with Crippen LogP contribution in [0.2, 0.25) is 0 Å². The highest BCUT2D eigenvalue weighted by Gasteiger charge is 2.18. The Balaban J connectivity index is 1.35. The molecule has 202 valence electrons. The van der Waals surface area contributed by atoms with Crippen LogP contribution < -0.4 is 14.2 Å². The molecule has 1 aliphatic rings. The molecule has 0 saturated carbocycles. The second-order valence-electron chi connectivity index (χ2n) is 9.97. The number of fused-ring (bicyclic) bond motifs is 1. The van der Waals surface area contributed by atoms with Crippen molar-refractivity contribution in [3.8, 4) is 23.0 Å². The summed E-state index contributed by atoms with van der Waals surface area (Å²) in [4.78, 5) is 22.7. The van der Waals surface area contributed by atoms with Crippen LogP contribution in [0.5, 0.6) is 23.0 Å². The first-order valence-corrected chi connectivity index (χ1v) is 13.4. The molecule has 5 rings (SSSR count). The van der Waals surface area contributed by atoms with E-state index >= 15 is 0 Å². The Morgan fingerprint density at radius 2 is 1.69 bits per heavy atom. The number of piperazine rings is 1. The fraction of sp³-hybridized carbons (Fsp3) is 0.312. The number of hydrogen-bond acceptors (Lipinski definition) is 7. The third kappa shape index (κ3) is 6.38. The zero-order valence-electron chi connectivity index (χ0n) is 22.9. The van der Waals surface area contributed by atoms with Crippen molar-refractivity contribution in [3.63, 3.8) is 0 Å². The molecule has 1 saturated heterocycles. The van der Waals surface area contributed by atoms with Gasteiger partial charge in [-0.1, -0.05) is 42.0 Å². The lowest BCUT2D eigenvalue weighted by atomic mass is 10.0. The van der Waals surface area contributed by atoms with Gasteiger partial charge in [0.15, 0.2) is 17.3 Å². The van der Waals surface area contributed by atoms with Crippen molar-refractivity contribution in [2.45, 2.75) is 13.3 Å². The predicted octanol–water partition coefficient (Wildman–Crippen LogP) is 5.59. The molecular formula is C32H35N3O4. The normalized spacial score (nSPS) is 14.3. The number of aryl methyl sites for hydroxylation is 1. The van der Waals surface area contributed by atoms with Crippen LogP contribution >= 0.6 is 0 Å². The van der Waals surface area contributed by atoms with Crippen molar-refractivity contribution in [1.29, 1.82) is 0 Å². The summed E-state index contributed by atoms with van der Waals surface area (Å²) in [6.07, 6.45) is 2.64. The largest absolute Gasteiger partial charge is 0.493 e. The second-order valence-corrected chi connectivity index (χ2v) is 9.97. The van der Waals surface area contributed by atoms with Crippen LogP contribution in [-0.2, 0) is 0 Å². The average Bonchev–Trinajstić information content (AvgIpc) is 2.97. The summed E-state index contributed by atoms with van der Waals surface area (Å²) in [7, 11) is 3.80. The van der Waals surface area contributed by atoms with Gasteiger partial charge in [-0.2, -0.15) is 0 Å². The number of rotatable bonds is 10. The molecule has 0 aliphatic carbocycles. The van der Waals surface area contributed by atoms with Crippen molar-refractivity contribution in [1.82, 2.24) is 14.8 Å². The summed E-state index contributed by atoms with van der Waals surface area (Å²) in [6, 6.07) is 20.5. The van der Waals surface area contributed by atoms with Gasteiger partial charge in [-0.15, -0.1) is 0 Å². The molecule has 2 heterocycles. The molecule has 0 atom stereocenters. The van der Waals surface area contributed by atoms with Gasteiger partial charge in [0.2, 0.25) is 0 Å². The maximum absolute atomic E-state index is 13.3. The van der Waals surface area contributed by atoms with E-state index in [1.807, 2.05) is 67.6 Å². The first kappa shape index (κ1) is 26.7. The number of methoxy groups -OCH3 is 1. The van der Waals surface area contributed by atoms with Gasteiger partial charge >= 0.3 is 0 Å². The van der Waals surface area contributed by atoms with Crippen LogP contribution in [0.4, 0.5) is 0 Å². The monoisotopic (exact) mass is 525 g/mol. The van der Waals surface area contributed by atoms with Crippen molar-refractivity contribution in [2.24, 2.45) is 0 Å². The minimum absolute atomic E-state index is 0.0856. The number of ketones is 1. The predicted molar refractivity (Wildman–Crippen MR) is 153 cm³/mol. The highest BCUT2D eigenvalue weighted by atomic mass is 16.5. The highest BCUT2D eigenvalue weighted by molar-refractivity contribution is 6.11. The third-order valence-corrected chi connectivity index (χ3v) is 7.09. The molecule has 39 heavy (non-hydrogen) atoms. The summed E-state index contributed by atoms with van der Waals surface area (Å²) in [6.45, 7) is 7.99. The lowest BCUT2D eigenvalue weighted by Crippen LogP contribution is -2.44. The van der Waals surface area contributed by atoms with Crippen LogP contribution in [-0.4, -0.2) is 74.1 Å². The lowest BCUT2D eigenvalue weighted by Gasteiger charge is -2.32. The summed E-state index contributed by atoms with van der Waals surface area (Å²) < 4.78 is 18.2. The number of hydrogen-bond donors (Lipinski definition) is 0. The maximum atomic E-state index is 13.3. The van der Waals surface area contributed by atoms with Crippen LogP contribution in [0.25, 0.3) is 10.9 Å². The fourth-order valence-electron chi connectivity index (χ4n) is 4.81. The zero-order valence-corrected chi connectivity index (χ0v) is 22.9. The van der Waals surface area contributed by atoms with E-state index in [1.54, 1.807) is 19.4 Å². The van der Waals surface area contributed by atoms with Crippen molar-refractivity contribution >= 4 is 16.7 Å². The van der Waals surface area contributed by atoms with Gasteiger partial charge in [-0.05, 0) is 44.7 Å². The molecule has 3 aromatic carbocycles. The number of carbonyl (C=O) groups is 1. The zero-order chi connectivity index (χ0) is 27.2. The number of ether oxygens (including phenoxy) is 3. The van der Waals surface area contributed by atoms with Crippen LogP contribution in [0.1, 0.15) is 27.9 Å². The SMILES string of the molecule is COc1cc2c(Oc3ccc(C)cc3C(=O)c3ccccc3)ccnc2cc1OCCCN1CCN(C)CC1. The van der Waals surface area contributed by atoms with Gasteiger partial charge < -0.3 is 24.0 Å². The highest BCUT2D eigenvalue weighted by Crippen LogP contribution is 2.38. The van der Waals surface area contributed by atoms with E-state index in [4.69, 9.17) is 14.2 Å². The van der Waals surface area contributed by atoms with E-state index in [0.29, 0.717) is 40.7 Å². The smallest absolute Gasteiger partial charge is 0.196 e. The number of aromatic nitrogens is 1. The quantitative estimate of drug-likeness (QED) is 0.198. The van der Waals surface area contributed by atoms with Crippen LogP contribution in [0.3, 0.4) is 0 Å². The first-order valence-electron chi connectivity index (χ1n) is 13.4. The first-order chi connectivity index (χ1) is 19.0. The van der Waals surface area contributed by atoms with Gasteiger partial charge in [-0.25, -0.2) is 0 Å². The van der Waals surface area contributed by atoms with Crippen molar-refractivity contribution in [3.05, 3.63) is 89.6 Å². The molecule has 7 heteroatoms. The minimum Gasteiger partial charge on any atom is -0.493 e. The molecule has 0 radical (unpaired) electrons. The summed E-state index contributed by atoms with van der Waals surface area (Å²) in [5.41, 5.74) is 2.84. The summed E-state index contributed by atoms with van der Waals surface area (Å²) in [5, 5.41) is 0.776. The van der Waals surface area contributed by atoms with Crippen LogP contribution in [0.15, 0.2) is 72.9 Å². The standard InChI is InChI=1S/C32H35N3O4/c1-23-10-11-28(26(20-23)32(36)24-8-5-4-6-9-24)39-29-12-13-33-27-22-31(30(37-3)21-25(27)29)38-19-7-14-35-17-15-34(2)16-18-35/h4-6,8-13,20-22H,7,14-19H2,1-3H3. The molecular weight excluding hydrogens is 490 g/mol. The Kier molecular flexibility index (Phi) is 8.39.